The Morgan fingerprint density at radius 1 is 1.65 bits per heavy atom. The van der Waals surface area contributed by atoms with E-state index >= 15 is 0 Å². The van der Waals surface area contributed by atoms with Crippen molar-refractivity contribution in [1.82, 2.24) is 4.98 Å². The Kier molecular flexibility index (Phi) is 4.14. The Morgan fingerprint density at radius 2 is 2.29 bits per heavy atom. The first-order chi connectivity index (χ1) is 7.97. The number of rotatable bonds is 5. The number of pyridine rings is 1. The molecule has 1 aromatic rings. The molecule has 0 aliphatic carbocycles. The molecular formula is C11H14N2O4. The van der Waals surface area contributed by atoms with Crippen LogP contribution in [0.5, 0.6) is 0 Å². The number of aromatic nitrogens is 1. The predicted molar refractivity (Wildman–Crippen MR) is 60.9 cm³/mol. The van der Waals surface area contributed by atoms with E-state index in [1.54, 1.807) is 6.92 Å². The zero-order valence-electron chi connectivity index (χ0n) is 9.71. The second kappa shape index (κ2) is 5.38. The first-order valence-corrected chi connectivity index (χ1v) is 5.31. The van der Waals surface area contributed by atoms with Crippen molar-refractivity contribution in [2.45, 2.75) is 32.6 Å². The van der Waals surface area contributed by atoms with Crippen LogP contribution in [-0.4, -0.2) is 21.0 Å². The number of aliphatic carboxylic acids is 1. The molecule has 0 amide bonds. The molecule has 1 heterocycles. The minimum absolute atomic E-state index is 0.0885. The van der Waals surface area contributed by atoms with E-state index in [0.717, 1.165) is 6.20 Å². The van der Waals surface area contributed by atoms with Crippen molar-refractivity contribution in [3.63, 3.8) is 0 Å². The summed E-state index contributed by atoms with van der Waals surface area (Å²) in [6, 6.07) is 1.48. The molecule has 1 atom stereocenters. The number of carboxylic acids is 1. The number of carbonyl (C=O) groups is 1. The highest BCUT2D eigenvalue weighted by atomic mass is 16.6. The van der Waals surface area contributed by atoms with Crippen LogP contribution in [0.15, 0.2) is 12.3 Å². The summed E-state index contributed by atoms with van der Waals surface area (Å²) in [4.78, 5) is 25.0. The first kappa shape index (κ1) is 13.1. The summed E-state index contributed by atoms with van der Waals surface area (Å²) in [5, 5.41) is 19.7. The molecule has 0 fully saturated rings. The molecule has 17 heavy (non-hydrogen) atoms. The molecule has 0 saturated carbocycles. The van der Waals surface area contributed by atoms with Crippen LogP contribution < -0.4 is 0 Å². The van der Waals surface area contributed by atoms with E-state index in [0.29, 0.717) is 24.1 Å². The van der Waals surface area contributed by atoms with Crippen LogP contribution in [0.2, 0.25) is 0 Å². The zero-order valence-corrected chi connectivity index (χ0v) is 9.71. The lowest BCUT2D eigenvalue weighted by molar-refractivity contribution is -0.385. The topological polar surface area (TPSA) is 93.3 Å². The van der Waals surface area contributed by atoms with Gasteiger partial charge in [-0.15, -0.1) is 0 Å². The van der Waals surface area contributed by atoms with Gasteiger partial charge in [-0.25, -0.2) is 0 Å². The van der Waals surface area contributed by atoms with Gasteiger partial charge >= 0.3 is 5.97 Å². The largest absolute Gasteiger partial charge is 0.481 e. The summed E-state index contributed by atoms with van der Waals surface area (Å²) >= 11 is 0. The van der Waals surface area contributed by atoms with Crippen LogP contribution >= 0.6 is 0 Å². The van der Waals surface area contributed by atoms with E-state index in [-0.39, 0.29) is 5.69 Å². The average Bonchev–Trinajstić information content (AvgIpc) is 2.24. The Balaban J connectivity index is 3.10. The van der Waals surface area contributed by atoms with Gasteiger partial charge < -0.3 is 5.11 Å². The molecule has 0 aliphatic rings. The van der Waals surface area contributed by atoms with Crippen molar-refractivity contribution in [1.29, 1.82) is 0 Å². The third kappa shape index (κ3) is 2.99. The van der Waals surface area contributed by atoms with Crippen molar-refractivity contribution >= 4 is 11.7 Å². The van der Waals surface area contributed by atoms with Gasteiger partial charge in [-0.1, -0.05) is 13.3 Å². The molecule has 0 spiro atoms. The summed E-state index contributed by atoms with van der Waals surface area (Å²) in [7, 11) is 0. The van der Waals surface area contributed by atoms with Crippen molar-refractivity contribution in [3.05, 3.63) is 33.6 Å². The van der Waals surface area contributed by atoms with Gasteiger partial charge in [0.05, 0.1) is 16.5 Å². The van der Waals surface area contributed by atoms with Crippen molar-refractivity contribution in [2.24, 2.45) is 0 Å². The number of carboxylic acid groups (broad SMARTS) is 1. The van der Waals surface area contributed by atoms with Crippen LogP contribution in [0.3, 0.4) is 0 Å². The fourth-order valence-electron chi connectivity index (χ4n) is 1.64. The summed E-state index contributed by atoms with van der Waals surface area (Å²) < 4.78 is 0. The summed E-state index contributed by atoms with van der Waals surface area (Å²) in [6.07, 6.45) is 2.31. The second-order valence-electron chi connectivity index (χ2n) is 3.83. The zero-order chi connectivity index (χ0) is 13.0. The van der Waals surface area contributed by atoms with Crippen LogP contribution in [-0.2, 0) is 4.79 Å². The number of hydrogen-bond acceptors (Lipinski definition) is 4. The lowest BCUT2D eigenvalue weighted by Gasteiger charge is -2.10. The highest BCUT2D eigenvalue weighted by Gasteiger charge is 2.22. The van der Waals surface area contributed by atoms with Gasteiger partial charge in [0.15, 0.2) is 0 Å². The van der Waals surface area contributed by atoms with E-state index in [1.807, 2.05) is 6.92 Å². The van der Waals surface area contributed by atoms with E-state index in [9.17, 15) is 14.9 Å². The normalized spacial score (nSPS) is 12.1. The minimum atomic E-state index is -0.951. The molecule has 0 aromatic carbocycles. The number of hydrogen-bond donors (Lipinski definition) is 1. The van der Waals surface area contributed by atoms with Gasteiger partial charge in [-0.3, -0.25) is 19.9 Å². The molecule has 92 valence electrons. The average molecular weight is 238 g/mol. The second-order valence-corrected chi connectivity index (χ2v) is 3.83. The Labute approximate surface area is 98.4 Å². The van der Waals surface area contributed by atoms with E-state index in [2.05, 4.69) is 4.98 Å². The molecule has 6 nitrogen and oxygen atoms in total. The Hall–Kier alpha value is -1.98. The molecule has 0 aliphatic heterocycles. The minimum Gasteiger partial charge on any atom is -0.481 e. The van der Waals surface area contributed by atoms with Crippen molar-refractivity contribution in [2.75, 3.05) is 0 Å². The molecule has 0 saturated heterocycles. The smallest absolute Gasteiger partial charge is 0.312 e. The number of nitrogens with zero attached hydrogens (tertiary/aromatic N) is 2. The predicted octanol–water partition coefficient (Wildman–Crippen LogP) is 2.27. The lowest BCUT2D eigenvalue weighted by Crippen LogP contribution is -2.13. The summed E-state index contributed by atoms with van der Waals surface area (Å²) in [5.74, 6) is -1.65. The van der Waals surface area contributed by atoms with Crippen LogP contribution in [0.4, 0.5) is 5.69 Å². The van der Waals surface area contributed by atoms with E-state index in [1.165, 1.54) is 6.07 Å². The monoisotopic (exact) mass is 238 g/mol. The number of aryl methyl sites for hydroxylation is 1. The van der Waals surface area contributed by atoms with Gasteiger partial charge in [0, 0.05) is 5.56 Å². The fourth-order valence-corrected chi connectivity index (χ4v) is 1.64. The third-order valence-corrected chi connectivity index (χ3v) is 2.53. The van der Waals surface area contributed by atoms with Gasteiger partial charge in [0.25, 0.3) is 5.69 Å². The highest BCUT2D eigenvalue weighted by molar-refractivity contribution is 5.75. The van der Waals surface area contributed by atoms with E-state index < -0.39 is 16.8 Å². The van der Waals surface area contributed by atoms with Crippen LogP contribution in [0.1, 0.15) is 36.9 Å². The molecule has 0 radical (unpaired) electrons. The molecule has 1 aromatic heterocycles. The standard InChI is InChI=1S/C11H14N2O4/c1-3-4-8(11(14)15)9-5-7(2)10(6-12-9)13(16)17/h5-6,8H,3-4H2,1-2H3,(H,14,15). The maximum absolute atomic E-state index is 11.0. The highest BCUT2D eigenvalue weighted by Crippen LogP contribution is 2.24. The van der Waals surface area contributed by atoms with Crippen molar-refractivity contribution in [3.8, 4) is 0 Å². The molecule has 1 rings (SSSR count). The molecule has 1 unspecified atom stereocenters. The van der Waals surface area contributed by atoms with Gasteiger partial charge in [-0.05, 0) is 19.4 Å². The first-order valence-electron chi connectivity index (χ1n) is 5.31. The van der Waals surface area contributed by atoms with Crippen LogP contribution in [0.25, 0.3) is 0 Å². The summed E-state index contributed by atoms with van der Waals surface area (Å²) in [6.45, 7) is 3.46. The van der Waals surface area contributed by atoms with Crippen molar-refractivity contribution < 1.29 is 14.8 Å². The lowest BCUT2D eigenvalue weighted by atomic mass is 9.98. The third-order valence-electron chi connectivity index (χ3n) is 2.53. The molecular weight excluding hydrogens is 224 g/mol. The van der Waals surface area contributed by atoms with E-state index in [4.69, 9.17) is 5.11 Å². The molecule has 0 bridgehead atoms. The molecule has 6 heteroatoms. The number of nitro groups is 1. The summed E-state index contributed by atoms with van der Waals surface area (Å²) in [5.41, 5.74) is 0.721. The SMILES string of the molecule is CCCC(C(=O)O)c1cc(C)c([N+](=O)[O-])cn1. The quantitative estimate of drug-likeness (QED) is 0.627. The maximum atomic E-state index is 11.0. The maximum Gasteiger partial charge on any atom is 0.312 e. The molecule has 1 N–H and O–H groups in total. The Bertz CT molecular complexity index is 445. The van der Waals surface area contributed by atoms with Crippen LogP contribution in [0, 0.1) is 17.0 Å². The van der Waals surface area contributed by atoms with Gasteiger partial charge in [0.1, 0.15) is 6.20 Å². The Morgan fingerprint density at radius 3 is 2.71 bits per heavy atom. The van der Waals surface area contributed by atoms with Gasteiger partial charge in [0.2, 0.25) is 0 Å². The fraction of sp³-hybridized carbons (Fsp3) is 0.455. The van der Waals surface area contributed by atoms with Gasteiger partial charge in [-0.2, -0.15) is 0 Å².